The fraction of sp³-hybridized carbons (Fsp3) is 0.550. The molecule has 3 rings (SSSR count). The van der Waals surface area contributed by atoms with E-state index in [2.05, 4.69) is 34.5 Å². The van der Waals surface area contributed by atoms with Gasteiger partial charge < -0.3 is 14.0 Å². The lowest BCUT2D eigenvalue weighted by Crippen LogP contribution is -2.00. The Bertz CT molecular complexity index is 750. The van der Waals surface area contributed by atoms with Crippen molar-refractivity contribution in [1.82, 2.24) is 9.55 Å². The van der Waals surface area contributed by atoms with Crippen LogP contribution in [0.2, 0.25) is 0 Å². The van der Waals surface area contributed by atoms with E-state index < -0.39 is 0 Å². The van der Waals surface area contributed by atoms with Gasteiger partial charge in [-0.1, -0.05) is 11.8 Å². The molecule has 0 saturated heterocycles. The highest BCUT2D eigenvalue weighted by Gasteiger charge is 2.20. The van der Waals surface area contributed by atoms with Crippen LogP contribution < -0.4 is 4.74 Å². The highest BCUT2D eigenvalue weighted by Crippen LogP contribution is 2.33. The molecule has 2 aromatic heterocycles. The predicted molar refractivity (Wildman–Crippen MR) is 96.3 cm³/mol. The van der Waals surface area contributed by atoms with Crippen LogP contribution in [0.1, 0.15) is 44.1 Å². The molecule has 4 nitrogen and oxygen atoms in total. The molecule has 0 bridgehead atoms. The Morgan fingerprint density at radius 3 is 2.88 bits per heavy atom. The van der Waals surface area contributed by atoms with Gasteiger partial charge in [0.2, 0.25) is 0 Å². The van der Waals surface area contributed by atoms with Gasteiger partial charge in [-0.2, -0.15) is 0 Å². The summed E-state index contributed by atoms with van der Waals surface area (Å²) >= 11 is 0. The fourth-order valence-corrected chi connectivity index (χ4v) is 2.95. The maximum absolute atomic E-state index is 5.58. The van der Waals surface area contributed by atoms with E-state index in [1.807, 2.05) is 12.3 Å². The number of fused-ring (bicyclic) bond motifs is 1. The van der Waals surface area contributed by atoms with Crippen LogP contribution in [0.4, 0.5) is 0 Å². The minimum atomic E-state index is 0.188. The molecule has 0 spiro atoms. The summed E-state index contributed by atoms with van der Waals surface area (Å²) in [4.78, 5) is 4.63. The molecule has 0 radical (unpaired) electrons. The van der Waals surface area contributed by atoms with Gasteiger partial charge in [0.05, 0.1) is 12.6 Å². The van der Waals surface area contributed by atoms with Crippen molar-refractivity contribution in [3.63, 3.8) is 0 Å². The standard InChI is InChI=1S/C20H26N2O2/c1-15(6-7-16-8-9-16)17-14-22(12-4-5-13-23-2)20-18(24-3)10-11-21-19(17)20/h10-11,14-16H,4-5,8-9,12-13H2,1-3H3. The Kier molecular flexibility index (Phi) is 5.42. The number of methoxy groups -OCH3 is 2. The Morgan fingerprint density at radius 2 is 2.17 bits per heavy atom. The molecule has 24 heavy (non-hydrogen) atoms. The summed E-state index contributed by atoms with van der Waals surface area (Å²) in [5.74, 6) is 8.48. The topological polar surface area (TPSA) is 36.3 Å². The second-order valence-corrected chi connectivity index (χ2v) is 6.47. The van der Waals surface area contributed by atoms with Gasteiger partial charge in [-0.15, -0.1) is 0 Å². The summed E-state index contributed by atoms with van der Waals surface area (Å²) in [6.07, 6.45) is 8.66. The first-order valence-electron chi connectivity index (χ1n) is 8.76. The monoisotopic (exact) mass is 326 g/mol. The zero-order valence-corrected chi connectivity index (χ0v) is 14.8. The Labute approximate surface area is 144 Å². The van der Waals surface area contributed by atoms with Crippen LogP contribution >= 0.6 is 0 Å². The summed E-state index contributed by atoms with van der Waals surface area (Å²) in [6, 6.07) is 1.93. The van der Waals surface area contributed by atoms with Crippen LogP contribution in [-0.4, -0.2) is 30.4 Å². The number of ether oxygens (including phenoxy) is 2. The normalized spacial score (nSPS) is 15.1. The highest BCUT2D eigenvalue weighted by molar-refractivity contribution is 5.86. The van der Waals surface area contributed by atoms with E-state index in [4.69, 9.17) is 9.47 Å². The number of unbranched alkanes of at least 4 members (excludes halogenated alkanes) is 1. The summed E-state index contributed by atoms with van der Waals surface area (Å²) < 4.78 is 13.0. The highest BCUT2D eigenvalue weighted by atomic mass is 16.5. The van der Waals surface area contributed by atoms with E-state index in [0.29, 0.717) is 5.92 Å². The summed E-state index contributed by atoms with van der Waals surface area (Å²) in [6.45, 7) is 3.90. The van der Waals surface area contributed by atoms with Gasteiger partial charge >= 0.3 is 0 Å². The third-order valence-corrected chi connectivity index (χ3v) is 4.51. The Hall–Kier alpha value is -1.99. The molecule has 2 heterocycles. The minimum Gasteiger partial charge on any atom is -0.494 e. The minimum absolute atomic E-state index is 0.188. The van der Waals surface area contributed by atoms with Crippen LogP contribution in [0.5, 0.6) is 5.75 Å². The number of rotatable bonds is 7. The van der Waals surface area contributed by atoms with E-state index >= 15 is 0 Å². The van der Waals surface area contributed by atoms with E-state index in [0.717, 1.165) is 42.8 Å². The van der Waals surface area contributed by atoms with Crippen molar-refractivity contribution < 1.29 is 9.47 Å². The molecular formula is C20H26N2O2. The van der Waals surface area contributed by atoms with E-state index in [9.17, 15) is 0 Å². The number of hydrogen-bond acceptors (Lipinski definition) is 3. The molecular weight excluding hydrogens is 300 g/mol. The molecule has 0 aromatic carbocycles. The molecule has 2 aromatic rings. The van der Waals surface area contributed by atoms with Crippen LogP contribution in [0.3, 0.4) is 0 Å². The number of aryl methyl sites for hydroxylation is 1. The molecule has 1 aliphatic rings. The fourth-order valence-electron chi connectivity index (χ4n) is 2.95. The average molecular weight is 326 g/mol. The molecule has 4 heteroatoms. The summed E-state index contributed by atoms with van der Waals surface area (Å²) in [5, 5.41) is 0. The van der Waals surface area contributed by atoms with Crippen molar-refractivity contribution in [2.75, 3.05) is 20.8 Å². The van der Waals surface area contributed by atoms with E-state index in [1.165, 1.54) is 18.4 Å². The third-order valence-electron chi connectivity index (χ3n) is 4.51. The average Bonchev–Trinajstić information content (AvgIpc) is 3.36. The largest absolute Gasteiger partial charge is 0.494 e. The quantitative estimate of drug-likeness (QED) is 0.570. The van der Waals surface area contributed by atoms with Crippen LogP contribution in [-0.2, 0) is 11.3 Å². The van der Waals surface area contributed by atoms with Gasteiger partial charge in [0.25, 0.3) is 0 Å². The van der Waals surface area contributed by atoms with Gasteiger partial charge in [-0.3, -0.25) is 4.98 Å². The van der Waals surface area contributed by atoms with Gasteiger partial charge in [-0.05, 0) is 32.6 Å². The van der Waals surface area contributed by atoms with Crippen molar-refractivity contribution >= 4 is 11.0 Å². The number of aromatic nitrogens is 2. The molecule has 1 aliphatic carbocycles. The zero-order chi connectivity index (χ0) is 16.9. The predicted octanol–water partition coefficient (Wildman–Crippen LogP) is 3.99. The first kappa shape index (κ1) is 16.9. The Morgan fingerprint density at radius 1 is 1.33 bits per heavy atom. The second-order valence-electron chi connectivity index (χ2n) is 6.47. The SMILES string of the molecule is COCCCCn1cc(C(C)C#CC2CC2)c2nccc(OC)c21. The summed E-state index contributed by atoms with van der Waals surface area (Å²) in [7, 11) is 3.46. The number of hydrogen-bond donors (Lipinski definition) is 0. The van der Waals surface area contributed by atoms with Gasteiger partial charge in [0, 0.05) is 56.1 Å². The van der Waals surface area contributed by atoms with Crippen molar-refractivity contribution in [1.29, 1.82) is 0 Å². The molecule has 128 valence electrons. The molecule has 0 aliphatic heterocycles. The Balaban J connectivity index is 1.92. The van der Waals surface area contributed by atoms with Crippen LogP contribution in [0.25, 0.3) is 11.0 Å². The lowest BCUT2D eigenvalue weighted by molar-refractivity contribution is 0.191. The van der Waals surface area contributed by atoms with E-state index in [-0.39, 0.29) is 5.92 Å². The van der Waals surface area contributed by atoms with Gasteiger partial charge in [-0.25, -0.2) is 0 Å². The van der Waals surface area contributed by atoms with Crippen LogP contribution in [0, 0.1) is 17.8 Å². The summed E-state index contributed by atoms with van der Waals surface area (Å²) in [5.41, 5.74) is 3.29. The maximum Gasteiger partial charge on any atom is 0.146 e. The maximum atomic E-state index is 5.58. The van der Waals surface area contributed by atoms with Gasteiger partial charge in [0.15, 0.2) is 0 Å². The van der Waals surface area contributed by atoms with Crippen molar-refractivity contribution in [3.8, 4) is 17.6 Å². The van der Waals surface area contributed by atoms with Crippen LogP contribution in [0.15, 0.2) is 18.5 Å². The molecule has 1 atom stereocenters. The second kappa shape index (κ2) is 7.72. The molecule has 0 amide bonds. The first-order valence-corrected chi connectivity index (χ1v) is 8.76. The van der Waals surface area contributed by atoms with Gasteiger partial charge in [0.1, 0.15) is 11.3 Å². The number of nitrogens with zero attached hydrogens (tertiary/aromatic N) is 2. The molecule has 1 saturated carbocycles. The van der Waals surface area contributed by atoms with Crippen molar-refractivity contribution in [3.05, 3.63) is 24.0 Å². The van der Waals surface area contributed by atoms with Crippen molar-refractivity contribution in [2.24, 2.45) is 5.92 Å². The number of pyridine rings is 1. The molecule has 1 unspecified atom stereocenters. The smallest absolute Gasteiger partial charge is 0.146 e. The first-order chi connectivity index (χ1) is 11.7. The lowest BCUT2D eigenvalue weighted by Gasteiger charge is -2.08. The molecule has 1 fully saturated rings. The van der Waals surface area contributed by atoms with Crippen molar-refractivity contribution in [2.45, 2.75) is 45.1 Å². The zero-order valence-electron chi connectivity index (χ0n) is 14.8. The third kappa shape index (κ3) is 3.73. The van der Waals surface area contributed by atoms with E-state index in [1.54, 1.807) is 14.2 Å². The lowest BCUT2D eigenvalue weighted by atomic mass is 10.0. The molecule has 0 N–H and O–H groups in total.